The molecular weight excluding hydrogens is 419 g/mol. The quantitative estimate of drug-likeness (QED) is 0.551. The third kappa shape index (κ3) is 4.85. The zero-order valence-corrected chi connectivity index (χ0v) is 17.9. The van der Waals surface area contributed by atoms with Crippen molar-refractivity contribution in [2.75, 3.05) is 0 Å². The molecule has 1 aliphatic heterocycles. The first-order chi connectivity index (χ1) is 15.2. The third-order valence-electron chi connectivity index (χ3n) is 5.65. The maximum Gasteiger partial charge on any atom is 0.406 e. The van der Waals surface area contributed by atoms with Crippen LogP contribution in [0.25, 0.3) is 0 Å². The Balaban J connectivity index is 1.62. The molecule has 1 aliphatic rings. The Morgan fingerprint density at radius 2 is 1.81 bits per heavy atom. The van der Waals surface area contributed by atoms with Crippen molar-refractivity contribution in [1.29, 1.82) is 0 Å². The fraction of sp³-hybridized carbons (Fsp3) is 0.333. The Bertz CT molecular complexity index is 1160. The monoisotopic (exact) mass is 443 g/mol. The van der Waals surface area contributed by atoms with Crippen LogP contribution in [0.1, 0.15) is 41.0 Å². The van der Waals surface area contributed by atoms with E-state index in [4.69, 9.17) is 4.74 Å². The summed E-state index contributed by atoms with van der Waals surface area (Å²) in [5.41, 5.74) is 3.38. The summed E-state index contributed by atoms with van der Waals surface area (Å²) in [7, 11) is 0. The Morgan fingerprint density at radius 1 is 1.09 bits per heavy atom. The number of aromatic nitrogens is 2. The SMILES string of the molecule is Cc1ccc2c(c1)CN(C(C)c1ncc(OCc3ccccc3)c(=O)n1CC(F)(F)F)C2. The van der Waals surface area contributed by atoms with Gasteiger partial charge in [0, 0.05) is 13.1 Å². The molecule has 0 spiro atoms. The molecule has 3 aromatic rings. The van der Waals surface area contributed by atoms with Gasteiger partial charge in [-0.05, 0) is 30.5 Å². The van der Waals surface area contributed by atoms with Gasteiger partial charge >= 0.3 is 6.18 Å². The number of rotatable bonds is 6. The smallest absolute Gasteiger partial charge is 0.406 e. The van der Waals surface area contributed by atoms with E-state index in [9.17, 15) is 18.0 Å². The van der Waals surface area contributed by atoms with Crippen LogP contribution in [-0.4, -0.2) is 20.6 Å². The summed E-state index contributed by atoms with van der Waals surface area (Å²) in [6.07, 6.45) is -3.33. The van der Waals surface area contributed by atoms with Gasteiger partial charge in [-0.15, -0.1) is 0 Å². The molecule has 0 saturated carbocycles. The molecule has 4 rings (SSSR count). The molecule has 0 bridgehead atoms. The fourth-order valence-corrected chi connectivity index (χ4v) is 3.97. The molecule has 2 aromatic carbocycles. The van der Waals surface area contributed by atoms with E-state index in [2.05, 4.69) is 11.1 Å². The summed E-state index contributed by atoms with van der Waals surface area (Å²) in [5.74, 6) is -0.127. The predicted octanol–water partition coefficient (Wildman–Crippen LogP) is 4.77. The summed E-state index contributed by atoms with van der Waals surface area (Å²) >= 11 is 0. The van der Waals surface area contributed by atoms with E-state index in [1.165, 1.54) is 6.20 Å². The molecule has 0 fully saturated rings. The molecule has 1 aromatic heterocycles. The molecule has 168 valence electrons. The third-order valence-corrected chi connectivity index (χ3v) is 5.65. The summed E-state index contributed by atoms with van der Waals surface area (Å²) < 4.78 is 46.2. The van der Waals surface area contributed by atoms with Crippen molar-refractivity contribution >= 4 is 0 Å². The van der Waals surface area contributed by atoms with E-state index in [1.54, 1.807) is 6.92 Å². The van der Waals surface area contributed by atoms with Gasteiger partial charge in [-0.25, -0.2) is 4.98 Å². The number of halogens is 3. The summed E-state index contributed by atoms with van der Waals surface area (Å²) in [4.78, 5) is 19.2. The fourth-order valence-electron chi connectivity index (χ4n) is 3.97. The van der Waals surface area contributed by atoms with E-state index in [1.807, 2.05) is 54.3 Å². The zero-order chi connectivity index (χ0) is 22.9. The summed E-state index contributed by atoms with van der Waals surface area (Å²) in [6.45, 7) is 3.61. The van der Waals surface area contributed by atoms with Gasteiger partial charge in [0.05, 0.1) is 12.2 Å². The van der Waals surface area contributed by atoms with Gasteiger partial charge in [0.2, 0.25) is 5.75 Å². The Labute approximate surface area is 184 Å². The van der Waals surface area contributed by atoms with Gasteiger partial charge in [-0.2, -0.15) is 13.2 Å². The molecule has 1 unspecified atom stereocenters. The topological polar surface area (TPSA) is 47.4 Å². The molecule has 0 amide bonds. The zero-order valence-electron chi connectivity index (χ0n) is 17.9. The standard InChI is InChI=1S/C24H24F3N3O2/c1-16-8-9-19-12-29(13-20(19)10-16)17(2)22-28-11-21(23(31)30(22)15-24(25,26)27)32-14-18-6-4-3-5-7-18/h3-11,17H,12-15H2,1-2H3. The lowest BCUT2D eigenvalue weighted by Crippen LogP contribution is -2.35. The van der Waals surface area contributed by atoms with Gasteiger partial charge in [-0.1, -0.05) is 54.1 Å². The normalized spacial score (nSPS) is 14.9. The van der Waals surface area contributed by atoms with Crippen LogP contribution >= 0.6 is 0 Å². The van der Waals surface area contributed by atoms with Crippen LogP contribution in [0.2, 0.25) is 0 Å². The molecule has 1 atom stereocenters. The van der Waals surface area contributed by atoms with Gasteiger partial charge in [0.1, 0.15) is 19.0 Å². The van der Waals surface area contributed by atoms with Gasteiger partial charge in [0.25, 0.3) is 5.56 Å². The Kier molecular flexibility index (Phi) is 6.06. The number of fused-ring (bicyclic) bond motifs is 1. The van der Waals surface area contributed by atoms with Gasteiger partial charge in [-0.3, -0.25) is 14.3 Å². The highest BCUT2D eigenvalue weighted by Gasteiger charge is 2.33. The van der Waals surface area contributed by atoms with Gasteiger partial charge in [0.15, 0.2) is 0 Å². The minimum Gasteiger partial charge on any atom is -0.482 e. The highest BCUT2D eigenvalue weighted by molar-refractivity contribution is 5.34. The molecular formula is C24H24F3N3O2. The van der Waals surface area contributed by atoms with Crippen LogP contribution in [0, 0.1) is 6.92 Å². The van der Waals surface area contributed by atoms with Crippen molar-refractivity contribution in [3.05, 3.63) is 93.2 Å². The predicted molar refractivity (Wildman–Crippen MR) is 114 cm³/mol. The molecule has 5 nitrogen and oxygen atoms in total. The number of ether oxygens (including phenoxy) is 1. The molecule has 8 heteroatoms. The van der Waals surface area contributed by atoms with Crippen molar-refractivity contribution in [3.8, 4) is 5.75 Å². The first kappa shape index (κ1) is 22.1. The van der Waals surface area contributed by atoms with Crippen LogP contribution < -0.4 is 10.3 Å². The minimum absolute atomic E-state index is 0.0689. The van der Waals surface area contributed by atoms with E-state index in [0.717, 1.165) is 22.3 Å². The van der Waals surface area contributed by atoms with E-state index >= 15 is 0 Å². The van der Waals surface area contributed by atoms with Crippen LogP contribution in [-0.2, 0) is 26.2 Å². The lowest BCUT2D eigenvalue weighted by Gasteiger charge is -2.26. The number of nitrogens with zero attached hydrogens (tertiary/aromatic N) is 3. The van der Waals surface area contributed by atoms with Crippen LogP contribution in [0.4, 0.5) is 13.2 Å². The Hall–Kier alpha value is -3.13. The molecule has 32 heavy (non-hydrogen) atoms. The summed E-state index contributed by atoms with van der Waals surface area (Å²) in [5, 5.41) is 0. The molecule has 0 aliphatic carbocycles. The lowest BCUT2D eigenvalue weighted by atomic mass is 10.1. The van der Waals surface area contributed by atoms with Crippen molar-refractivity contribution in [2.24, 2.45) is 0 Å². The average molecular weight is 443 g/mol. The first-order valence-electron chi connectivity index (χ1n) is 10.4. The van der Waals surface area contributed by atoms with Crippen LogP contribution in [0.15, 0.2) is 59.5 Å². The van der Waals surface area contributed by atoms with Gasteiger partial charge < -0.3 is 4.74 Å². The molecule has 2 heterocycles. The number of alkyl halides is 3. The highest BCUT2D eigenvalue weighted by atomic mass is 19.4. The number of benzene rings is 2. The highest BCUT2D eigenvalue weighted by Crippen LogP contribution is 2.31. The second-order valence-electron chi connectivity index (χ2n) is 8.11. The minimum atomic E-state index is -4.57. The molecule has 0 N–H and O–H groups in total. The Morgan fingerprint density at radius 3 is 2.53 bits per heavy atom. The van der Waals surface area contributed by atoms with Crippen molar-refractivity contribution in [3.63, 3.8) is 0 Å². The van der Waals surface area contributed by atoms with Crippen molar-refractivity contribution in [1.82, 2.24) is 14.5 Å². The second-order valence-corrected chi connectivity index (χ2v) is 8.11. The van der Waals surface area contributed by atoms with Crippen LogP contribution in [0.3, 0.4) is 0 Å². The first-order valence-corrected chi connectivity index (χ1v) is 10.4. The number of aryl methyl sites for hydroxylation is 1. The molecule has 0 saturated heterocycles. The van der Waals surface area contributed by atoms with E-state index in [0.29, 0.717) is 17.7 Å². The van der Waals surface area contributed by atoms with Crippen LogP contribution in [0.5, 0.6) is 5.75 Å². The maximum atomic E-state index is 13.3. The largest absolute Gasteiger partial charge is 0.482 e. The lowest BCUT2D eigenvalue weighted by molar-refractivity contribution is -0.142. The average Bonchev–Trinajstić information content (AvgIpc) is 3.17. The maximum absolute atomic E-state index is 13.3. The van der Waals surface area contributed by atoms with E-state index in [-0.39, 0.29) is 18.2 Å². The number of hydrogen-bond donors (Lipinski definition) is 0. The van der Waals surface area contributed by atoms with E-state index < -0.39 is 24.3 Å². The molecule has 0 radical (unpaired) electrons. The second kappa shape index (κ2) is 8.78. The van der Waals surface area contributed by atoms with Crippen molar-refractivity contribution < 1.29 is 17.9 Å². The number of hydrogen-bond acceptors (Lipinski definition) is 4. The van der Waals surface area contributed by atoms with Crippen molar-refractivity contribution in [2.45, 2.75) is 52.3 Å². The summed E-state index contributed by atoms with van der Waals surface area (Å²) in [6, 6.07) is 14.8.